The highest BCUT2D eigenvalue weighted by Crippen LogP contribution is 2.26. The number of carboxylic acids is 1. The molecule has 0 aliphatic carbocycles. The van der Waals surface area contributed by atoms with Crippen LogP contribution in [0.4, 0.5) is 0 Å². The van der Waals surface area contributed by atoms with Gasteiger partial charge in [-0.05, 0) is 0 Å². The first-order valence-electron chi connectivity index (χ1n) is 9.78. The zero-order valence-electron chi connectivity index (χ0n) is 17.6. The molecule has 11 nitrogen and oxygen atoms in total. The van der Waals surface area contributed by atoms with Gasteiger partial charge in [0.15, 0.2) is 11.2 Å². The lowest BCUT2D eigenvalue weighted by atomic mass is 9.86. The molecule has 0 aromatic rings. The van der Waals surface area contributed by atoms with E-state index < -0.39 is 41.8 Å². The van der Waals surface area contributed by atoms with Crippen molar-refractivity contribution in [3.8, 4) is 0 Å². The van der Waals surface area contributed by atoms with E-state index in [2.05, 4.69) is 10.6 Å². The molecule has 0 saturated carbocycles. The Hall–Kier alpha value is -2.63. The van der Waals surface area contributed by atoms with E-state index in [4.69, 9.17) is 14.6 Å². The lowest BCUT2D eigenvalue weighted by molar-refractivity contribution is -0.169. The van der Waals surface area contributed by atoms with Crippen molar-refractivity contribution in [1.82, 2.24) is 10.6 Å². The Kier molecular flexibility index (Phi) is 11.0. The van der Waals surface area contributed by atoms with E-state index in [9.17, 15) is 28.8 Å². The number of amides is 2. The van der Waals surface area contributed by atoms with Crippen molar-refractivity contribution in [2.75, 3.05) is 25.4 Å². The third-order valence-electron chi connectivity index (χ3n) is 4.22. The summed E-state index contributed by atoms with van der Waals surface area (Å²) in [6.45, 7) is 3.05. The fourth-order valence-electron chi connectivity index (χ4n) is 2.49. The summed E-state index contributed by atoms with van der Waals surface area (Å²) in [4.78, 5) is 70.8. The quantitative estimate of drug-likeness (QED) is 0.460. The molecule has 1 rings (SSSR count). The monoisotopic (exact) mass is 460 g/mol. The first-order chi connectivity index (χ1) is 14.5. The minimum absolute atomic E-state index is 0.000724. The molecule has 31 heavy (non-hydrogen) atoms. The Balaban J connectivity index is 2.86. The maximum absolute atomic E-state index is 12.7. The van der Waals surface area contributed by atoms with E-state index in [1.165, 1.54) is 13.8 Å². The Morgan fingerprint density at radius 1 is 1.10 bits per heavy atom. The second kappa shape index (κ2) is 12.9. The average molecular weight is 461 g/mol. The Morgan fingerprint density at radius 3 is 2.48 bits per heavy atom. The molecule has 1 heterocycles. The van der Waals surface area contributed by atoms with Crippen molar-refractivity contribution < 1.29 is 43.3 Å². The molecule has 1 atom stereocenters. The van der Waals surface area contributed by atoms with Crippen LogP contribution < -0.4 is 10.6 Å². The van der Waals surface area contributed by atoms with Gasteiger partial charge in [-0.1, -0.05) is 25.6 Å². The van der Waals surface area contributed by atoms with Crippen LogP contribution in [0.15, 0.2) is 0 Å². The van der Waals surface area contributed by atoms with Crippen LogP contribution in [0.3, 0.4) is 0 Å². The SMILES string of the molecule is CC(C)(COC(=O)CCC(=O)O)[C@H]1OC(=O)CCC(=O)SCCNC(=O)CCNC1=O. The molecule has 0 aromatic heterocycles. The number of nitrogens with one attached hydrogen (secondary N) is 2. The van der Waals surface area contributed by atoms with Crippen molar-refractivity contribution >= 4 is 46.6 Å². The van der Waals surface area contributed by atoms with Gasteiger partial charge in [-0.2, -0.15) is 0 Å². The summed E-state index contributed by atoms with van der Waals surface area (Å²) < 4.78 is 10.4. The first kappa shape index (κ1) is 26.4. The van der Waals surface area contributed by atoms with E-state index in [1.54, 1.807) is 0 Å². The fourth-order valence-corrected chi connectivity index (χ4v) is 3.17. The van der Waals surface area contributed by atoms with E-state index in [1.807, 2.05) is 0 Å². The van der Waals surface area contributed by atoms with Crippen LogP contribution in [-0.4, -0.2) is 71.5 Å². The van der Waals surface area contributed by atoms with Gasteiger partial charge >= 0.3 is 17.9 Å². The Bertz CT molecular complexity index is 708. The minimum Gasteiger partial charge on any atom is -0.481 e. The smallest absolute Gasteiger partial charge is 0.307 e. The fraction of sp³-hybridized carbons (Fsp3) is 0.684. The molecule has 12 heteroatoms. The molecule has 1 fully saturated rings. The number of carbonyl (C=O) groups is 6. The summed E-state index contributed by atoms with van der Waals surface area (Å²) in [5, 5.41) is 13.5. The molecule has 2 amide bonds. The molecule has 1 aliphatic rings. The lowest BCUT2D eigenvalue weighted by Crippen LogP contribution is -2.49. The van der Waals surface area contributed by atoms with E-state index in [-0.39, 0.29) is 56.4 Å². The molecule has 0 spiro atoms. The maximum atomic E-state index is 12.7. The Morgan fingerprint density at radius 2 is 1.81 bits per heavy atom. The van der Waals surface area contributed by atoms with Crippen LogP contribution in [0, 0.1) is 5.41 Å². The molecule has 0 unspecified atom stereocenters. The van der Waals surface area contributed by atoms with Crippen molar-refractivity contribution in [2.45, 2.75) is 52.1 Å². The maximum Gasteiger partial charge on any atom is 0.307 e. The molecular weight excluding hydrogens is 432 g/mol. The highest BCUT2D eigenvalue weighted by Gasteiger charge is 2.40. The number of carbonyl (C=O) groups excluding carboxylic acids is 5. The highest BCUT2D eigenvalue weighted by atomic mass is 32.2. The summed E-state index contributed by atoms with van der Waals surface area (Å²) in [5.41, 5.74) is -1.16. The number of carboxylic acid groups (broad SMARTS) is 1. The molecular formula is C19H28N2O9S. The van der Waals surface area contributed by atoms with Gasteiger partial charge in [0, 0.05) is 37.1 Å². The van der Waals surface area contributed by atoms with Crippen LogP contribution >= 0.6 is 11.8 Å². The predicted octanol–water partition coefficient (Wildman–Crippen LogP) is 0.00850. The van der Waals surface area contributed by atoms with Crippen LogP contribution in [0.25, 0.3) is 0 Å². The number of thioether (sulfide) groups is 1. The number of ether oxygens (including phenoxy) is 2. The van der Waals surface area contributed by atoms with Gasteiger partial charge in [0.1, 0.15) is 6.61 Å². The number of aliphatic carboxylic acids is 1. The van der Waals surface area contributed by atoms with Gasteiger partial charge < -0.3 is 25.2 Å². The topological polar surface area (TPSA) is 165 Å². The summed E-state index contributed by atoms with van der Waals surface area (Å²) in [6, 6.07) is 0. The normalized spacial score (nSPS) is 19.9. The number of hydrogen-bond acceptors (Lipinski definition) is 9. The van der Waals surface area contributed by atoms with Crippen molar-refractivity contribution in [2.24, 2.45) is 5.41 Å². The molecule has 3 N–H and O–H groups in total. The summed E-state index contributed by atoms with van der Waals surface area (Å²) >= 11 is 0.994. The number of cyclic esters (lactones) is 1. The van der Waals surface area contributed by atoms with E-state index >= 15 is 0 Å². The van der Waals surface area contributed by atoms with Gasteiger partial charge in [-0.15, -0.1) is 0 Å². The van der Waals surface area contributed by atoms with Crippen LogP contribution in [0.2, 0.25) is 0 Å². The molecule has 0 radical (unpaired) electrons. The van der Waals surface area contributed by atoms with Crippen molar-refractivity contribution in [1.29, 1.82) is 0 Å². The largest absolute Gasteiger partial charge is 0.481 e. The summed E-state index contributed by atoms with van der Waals surface area (Å²) in [5.74, 6) is -3.29. The highest BCUT2D eigenvalue weighted by molar-refractivity contribution is 8.13. The molecule has 1 aliphatic heterocycles. The second-order valence-electron chi connectivity index (χ2n) is 7.52. The summed E-state index contributed by atoms with van der Waals surface area (Å²) in [6.07, 6.45) is -2.41. The van der Waals surface area contributed by atoms with Crippen LogP contribution in [0.1, 0.15) is 46.0 Å². The van der Waals surface area contributed by atoms with Gasteiger partial charge in [0.25, 0.3) is 5.91 Å². The van der Waals surface area contributed by atoms with Gasteiger partial charge in [0.2, 0.25) is 5.91 Å². The number of rotatable bonds is 6. The third-order valence-corrected chi connectivity index (χ3v) is 5.15. The standard InChI is InChI=1S/C19H28N2O9S/c1-19(2,11-29-14(25)4-3-13(23)24)17-18(28)21-8-7-12(22)20-9-10-31-16(27)6-5-15(26)30-17/h17H,3-11H2,1-2H3,(H,20,22)(H,21,28)(H,23,24)/t17-/m0/s1. The molecule has 1 saturated heterocycles. The van der Waals surface area contributed by atoms with E-state index in [0.717, 1.165) is 11.8 Å². The van der Waals surface area contributed by atoms with Crippen molar-refractivity contribution in [3.05, 3.63) is 0 Å². The van der Waals surface area contributed by atoms with Crippen molar-refractivity contribution in [3.63, 3.8) is 0 Å². The lowest BCUT2D eigenvalue weighted by Gasteiger charge is -2.32. The summed E-state index contributed by atoms with van der Waals surface area (Å²) in [7, 11) is 0. The second-order valence-corrected chi connectivity index (χ2v) is 8.68. The third kappa shape index (κ3) is 10.8. The van der Waals surface area contributed by atoms with Gasteiger partial charge in [-0.25, -0.2) is 0 Å². The molecule has 174 valence electrons. The van der Waals surface area contributed by atoms with Crippen LogP contribution in [-0.2, 0) is 38.2 Å². The van der Waals surface area contributed by atoms with Gasteiger partial charge in [-0.3, -0.25) is 28.8 Å². The zero-order valence-corrected chi connectivity index (χ0v) is 18.4. The molecule has 0 bridgehead atoms. The predicted molar refractivity (Wildman–Crippen MR) is 109 cm³/mol. The average Bonchev–Trinajstić information content (AvgIpc) is 2.70. The van der Waals surface area contributed by atoms with Gasteiger partial charge in [0.05, 0.1) is 19.3 Å². The minimum atomic E-state index is -1.36. The molecule has 0 aromatic carbocycles. The Labute approximate surface area is 184 Å². The van der Waals surface area contributed by atoms with Crippen LogP contribution in [0.5, 0.6) is 0 Å². The number of hydrogen-bond donors (Lipinski definition) is 3. The first-order valence-corrected chi connectivity index (χ1v) is 10.8. The zero-order chi connectivity index (χ0) is 23.4. The van der Waals surface area contributed by atoms with E-state index in [0.29, 0.717) is 5.75 Å². The number of esters is 2.